The molecule has 30 heavy (non-hydrogen) atoms. The Hall–Kier alpha value is -1.99. The minimum Gasteiger partial charge on any atom is -0.444 e. The zero-order valence-electron chi connectivity index (χ0n) is 20.0. The Balaban J connectivity index is 4.67. The van der Waals surface area contributed by atoms with Crippen LogP contribution >= 0.6 is 0 Å². The highest BCUT2D eigenvalue weighted by Crippen LogP contribution is 2.10. The van der Waals surface area contributed by atoms with Crippen LogP contribution in [0.4, 0.5) is 9.59 Å². The largest absolute Gasteiger partial charge is 0.444 e. The molecule has 3 amide bonds. The maximum atomic E-state index is 12.7. The number of nitrogens with one attached hydrogen (secondary N) is 3. The van der Waals surface area contributed by atoms with E-state index in [1.54, 1.807) is 41.5 Å². The molecule has 0 saturated heterocycles. The molecule has 0 aromatic carbocycles. The molecule has 175 valence electrons. The summed E-state index contributed by atoms with van der Waals surface area (Å²) in [6.45, 7) is 19.2. The second kappa shape index (κ2) is 12.6. The number of carbonyl (C=O) groups excluding carboxylic acids is 3. The van der Waals surface area contributed by atoms with E-state index in [4.69, 9.17) is 9.47 Å². The normalized spacial score (nSPS) is 13.9. The molecule has 0 saturated carbocycles. The average molecular weight is 429 g/mol. The highest BCUT2D eigenvalue weighted by molar-refractivity contribution is 5.85. The molecule has 3 N–H and O–H groups in total. The van der Waals surface area contributed by atoms with Crippen LogP contribution in [-0.4, -0.2) is 47.9 Å². The number of ether oxygens (including phenoxy) is 2. The van der Waals surface area contributed by atoms with Crippen LogP contribution in [0.3, 0.4) is 0 Å². The minimum atomic E-state index is -0.738. The van der Waals surface area contributed by atoms with Crippen LogP contribution in [-0.2, 0) is 14.3 Å². The lowest BCUT2D eigenvalue weighted by Gasteiger charge is -2.25. The Morgan fingerprint density at radius 2 is 1.40 bits per heavy atom. The van der Waals surface area contributed by atoms with Gasteiger partial charge in [0.25, 0.3) is 0 Å². The first-order valence-corrected chi connectivity index (χ1v) is 10.7. The molecule has 0 aliphatic rings. The lowest BCUT2D eigenvalue weighted by molar-refractivity contribution is -0.123. The third kappa shape index (κ3) is 15.9. The Kier molecular flexibility index (Phi) is 11.8. The molecular weight excluding hydrogens is 386 g/mol. The molecule has 8 heteroatoms. The smallest absolute Gasteiger partial charge is 0.408 e. The van der Waals surface area contributed by atoms with E-state index in [0.29, 0.717) is 31.7 Å². The second-order valence-corrected chi connectivity index (χ2v) is 9.96. The number of alkyl carbamates (subject to hydrolysis) is 2. The third-order valence-corrected chi connectivity index (χ3v) is 3.70. The van der Waals surface area contributed by atoms with Crippen molar-refractivity contribution in [3.8, 4) is 0 Å². The van der Waals surface area contributed by atoms with Crippen LogP contribution in [0.1, 0.15) is 81.1 Å². The van der Waals surface area contributed by atoms with Gasteiger partial charge in [0.15, 0.2) is 0 Å². The van der Waals surface area contributed by atoms with Gasteiger partial charge in [-0.1, -0.05) is 13.8 Å². The second-order valence-electron chi connectivity index (χ2n) is 9.96. The summed E-state index contributed by atoms with van der Waals surface area (Å²) in [5.74, 6) is 0.102. The number of amides is 3. The van der Waals surface area contributed by atoms with Crippen LogP contribution in [0.5, 0.6) is 0 Å². The molecule has 2 atom stereocenters. The molecule has 0 aliphatic carbocycles. The number of carbonyl (C=O) groups is 3. The monoisotopic (exact) mass is 428 g/mol. The van der Waals surface area contributed by atoms with Crippen LogP contribution in [0.15, 0.2) is 0 Å². The van der Waals surface area contributed by atoms with Gasteiger partial charge >= 0.3 is 12.2 Å². The van der Waals surface area contributed by atoms with E-state index >= 15 is 0 Å². The van der Waals surface area contributed by atoms with Crippen molar-refractivity contribution in [3.63, 3.8) is 0 Å². The Bertz CT molecular complexity index is 550. The van der Waals surface area contributed by atoms with Crippen LogP contribution < -0.4 is 16.0 Å². The molecule has 0 fully saturated rings. The topological polar surface area (TPSA) is 106 Å². The molecule has 0 aromatic rings. The fourth-order valence-electron chi connectivity index (χ4n) is 2.63. The van der Waals surface area contributed by atoms with Gasteiger partial charge in [-0.25, -0.2) is 9.59 Å². The average Bonchev–Trinajstić information content (AvgIpc) is 2.48. The van der Waals surface area contributed by atoms with E-state index in [1.165, 1.54) is 0 Å². The van der Waals surface area contributed by atoms with Gasteiger partial charge in [0.05, 0.1) is 0 Å². The molecule has 0 aliphatic heterocycles. The highest BCUT2D eigenvalue weighted by atomic mass is 16.6. The standard InChI is InChI=1S/C22H42N3O5/c1-15(2)14-16(3)24-18(26)17(25-20(28)30-22(7,8)9)12-10-11-13-23-19(27)29-21(4,5)6/h15-17H,3,10-14H2,1-2,4-9H3,(H,23,27)(H,24,26)(H,25,28). The molecule has 0 aromatic heterocycles. The number of hydrogen-bond donors (Lipinski definition) is 3. The van der Waals surface area contributed by atoms with Crippen molar-refractivity contribution in [2.45, 2.75) is 104 Å². The molecule has 0 spiro atoms. The van der Waals surface area contributed by atoms with Gasteiger partial charge in [0, 0.05) is 12.6 Å². The number of rotatable bonds is 10. The highest BCUT2D eigenvalue weighted by Gasteiger charge is 2.25. The molecule has 2 unspecified atom stereocenters. The van der Waals surface area contributed by atoms with Crippen molar-refractivity contribution >= 4 is 18.1 Å². The maximum Gasteiger partial charge on any atom is 0.408 e. The first-order valence-electron chi connectivity index (χ1n) is 10.7. The zero-order valence-corrected chi connectivity index (χ0v) is 20.0. The third-order valence-electron chi connectivity index (χ3n) is 3.70. The van der Waals surface area contributed by atoms with Crippen molar-refractivity contribution in [2.24, 2.45) is 5.92 Å². The Morgan fingerprint density at radius 3 is 1.90 bits per heavy atom. The zero-order chi connectivity index (χ0) is 23.5. The maximum absolute atomic E-state index is 12.7. The number of unbranched alkanes of at least 4 members (excludes halogenated alkanes) is 1. The quantitative estimate of drug-likeness (QED) is 0.457. The molecule has 0 bridgehead atoms. The van der Waals surface area contributed by atoms with Crippen molar-refractivity contribution in [3.05, 3.63) is 6.92 Å². The fourth-order valence-corrected chi connectivity index (χ4v) is 2.63. The van der Waals surface area contributed by atoms with Crippen LogP contribution in [0.2, 0.25) is 0 Å². The van der Waals surface area contributed by atoms with Crippen molar-refractivity contribution in [1.82, 2.24) is 16.0 Å². The summed E-state index contributed by atoms with van der Waals surface area (Å²) in [6, 6.07) is -0.980. The summed E-state index contributed by atoms with van der Waals surface area (Å²) in [6.07, 6.45) is 1.30. The summed E-state index contributed by atoms with van der Waals surface area (Å²) in [7, 11) is 0. The van der Waals surface area contributed by atoms with Crippen molar-refractivity contribution < 1.29 is 23.9 Å². The van der Waals surface area contributed by atoms with Crippen LogP contribution in [0.25, 0.3) is 0 Å². The van der Waals surface area contributed by atoms with E-state index in [9.17, 15) is 14.4 Å². The SMILES string of the molecule is [CH2]C(CC(C)C)NC(=O)C(CCCCNC(=O)OC(C)(C)C)NC(=O)OC(C)(C)C. The lowest BCUT2D eigenvalue weighted by Crippen LogP contribution is -2.50. The van der Waals surface area contributed by atoms with E-state index in [0.717, 1.165) is 6.42 Å². The molecular formula is C22H42N3O5. The first kappa shape index (κ1) is 28.0. The summed E-state index contributed by atoms with van der Waals surface area (Å²) in [4.78, 5) is 36.5. The van der Waals surface area contributed by atoms with Crippen molar-refractivity contribution in [1.29, 1.82) is 0 Å². The van der Waals surface area contributed by atoms with E-state index in [1.807, 2.05) is 0 Å². The van der Waals surface area contributed by atoms with Gasteiger partial charge in [0.2, 0.25) is 5.91 Å². The predicted molar refractivity (Wildman–Crippen MR) is 118 cm³/mol. The van der Waals surface area contributed by atoms with Gasteiger partial charge in [0.1, 0.15) is 17.2 Å². The first-order chi connectivity index (χ1) is 13.6. The molecule has 1 radical (unpaired) electrons. The van der Waals surface area contributed by atoms with E-state index < -0.39 is 29.4 Å². The number of hydrogen-bond acceptors (Lipinski definition) is 5. The van der Waals surface area contributed by atoms with Gasteiger partial charge in [-0.15, -0.1) is 0 Å². The van der Waals surface area contributed by atoms with E-state index in [-0.39, 0.29) is 11.9 Å². The molecule has 0 rings (SSSR count). The van der Waals surface area contributed by atoms with Gasteiger partial charge in [-0.05, 0) is 80.1 Å². The molecule has 0 heterocycles. The Morgan fingerprint density at radius 1 is 0.867 bits per heavy atom. The van der Waals surface area contributed by atoms with Crippen LogP contribution in [0, 0.1) is 12.8 Å². The molecule has 8 nitrogen and oxygen atoms in total. The van der Waals surface area contributed by atoms with Gasteiger partial charge in [-0.3, -0.25) is 4.79 Å². The summed E-state index contributed by atoms with van der Waals surface area (Å²) >= 11 is 0. The lowest BCUT2D eigenvalue weighted by atomic mass is 10.0. The van der Waals surface area contributed by atoms with Crippen molar-refractivity contribution in [2.75, 3.05) is 6.54 Å². The summed E-state index contributed by atoms with van der Waals surface area (Å²) in [5.41, 5.74) is -1.21. The Labute approximate surface area is 182 Å². The van der Waals surface area contributed by atoms with Gasteiger partial charge in [-0.2, -0.15) is 0 Å². The fraction of sp³-hybridized carbons (Fsp3) is 0.818. The van der Waals surface area contributed by atoms with E-state index in [2.05, 4.69) is 36.7 Å². The summed E-state index contributed by atoms with van der Waals surface area (Å²) < 4.78 is 10.5. The summed E-state index contributed by atoms with van der Waals surface area (Å²) in [5, 5.41) is 8.19. The van der Waals surface area contributed by atoms with Gasteiger partial charge < -0.3 is 25.4 Å². The minimum absolute atomic E-state index is 0.241. The predicted octanol–water partition coefficient (Wildman–Crippen LogP) is 3.94.